The normalized spacial score (nSPS) is 37.0. The molecule has 0 amide bonds. The number of hydrogen-bond donors (Lipinski definition) is 1. The highest BCUT2D eigenvalue weighted by Crippen LogP contribution is 2.51. The Balaban J connectivity index is 1.62. The summed E-state index contributed by atoms with van der Waals surface area (Å²) in [4.78, 5) is 0. The maximum Gasteiger partial charge on any atom is 0.0701 e. The van der Waals surface area contributed by atoms with Crippen LogP contribution in [-0.2, 0) is 9.47 Å². The number of ether oxygens (including phenoxy) is 2. The molecule has 0 aromatic carbocycles. The molecule has 0 spiro atoms. The zero-order valence-electron chi connectivity index (χ0n) is 13.4. The van der Waals surface area contributed by atoms with E-state index < -0.39 is 0 Å². The Morgan fingerprint density at radius 2 is 1.55 bits per heavy atom. The molecule has 118 valence electrons. The van der Waals surface area contributed by atoms with Gasteiger partial charge in [-0.05, 0) is 61.7 Å². The molecule has 2 unspecified atom stereocenters. The predicted octanol–water partition coefficient (Wildman–Crippen LogP) is 3.22. The van der Waals surface area contributed by atoms with Crippen molar-refractivity contribution >= 4 is 0 Å². The topological polar surface area (TPSA) is 44.5 Å². The van der Waals surface area contributed by atoms with Gasteiger partial charge in [0.1, 0.15) is 0 Å². The monoisotopic (exact) mass is 283 g/mol. The van der Waals surface area contributed by atoms with Crippen molar-refractivity contribution in [3.05, 3.63) is 0 Å². The average Bonchev–Trinajstić information content (AvgIpc) is 2.35. The smallest absolute Gasteiger partial charge is 0.0701 e. The summed E-state index contributed by atoms with van der Waals surface area (Å²) in [5, 5.41) is 0. The number of hydrogen-bond acceptors (Lipinski definition) is 3. The second-order valence-electron chi connectivity index (χ2n) is 7.53. The zero-order valence-corrected chi connectivity index (χ0v) is 13.4. The number of rotatable bonds is 8. The quantitative estimate of drug-likeness (QED) is 0.696. The van der Waals surface area contributed by atoms with Crippen molar-refractivity contribution in [1.82, 2.24) is 0 Å². The van der Waals surface area contributed by atoms with Gasteiger partial charge in [0.15, 0.2) is 0 Å². The molecule has 0 saturated heterocycles. The third-order valence-corrected chi connectivity index (χ3v) is 5.19. The van der Waals surface area contributed by atoms with Gasteiger partial charge in [-0.15, -0.1) is 0 Å². The molecule has 20 heavy (non-hydrogen) atoms. The molecule has 2 fully saturated rings. The molecule has 3 heteroatoms. The SMILES string of the molecule is CC1CC2CC(C1)CC(C)(CCOCCOCCN)C2. The van der Waals surface area contributed by atoms with Crippen molar-refractivity contribution in [1.29, 1.82) is 0 Å². The molecule has 0 aromatic heterocycles. The summed E-state index contributed by atoms with van der Waals surface area (Å²) in [6, 6.07) is 0. The molecule has 2 bridgehead atoms. The lowest BCUT2D eigenvalue weighted by Gasteiger charge is -2.47. The van der Waals surface area contributed by atoms with Crippen molar-refractivity contribution in [2.45, 2.75) is 52.4 Å². The molecule has 0 radical (unpaired) electrons. The first-order chi connectivity index (χ1) is 9.61. The van der Waals surface area contributed by atoms with E-state index in [0.29, 0.717) is 31.8 Å². The van der Waals surface area contributed by atoms with Gasteiger partial charge in [-0.3, -0.25) is 0 Å². The Kier molecular flexibility index (Phi) is 6.31. The van der Waals surface area contributed by atoms with Crippen LogP contribution in [0.5, 0.6) is 0 Å². The van der Waals surface area contributed by atoms with Crippen molar-refractivity contribution in [3.63, 3.8) is 0 Å². The van der Waals surface area contributed by atoms with E-state index in [1.807, 2.05) is 0 Å². The van der Waals surface area contributed by atoms with Gasteiger partial charge >= 0.3 is 0 Å². The maximum atomic E-state index is 5.73. The Labute approximate surface area is 124 Å². The molecular formula is C17H33NO2. The summed E-state index contributed by atoms with van der Waals surface area (Å²) in [6.07, 6.45) is 8.46. The minimum Gasteiger partial charge on any atom is -0.379 e. The Morgan fingerprint density at radius 3 is 2.15 bits per heavy atom. The fourth-order valence-corrected chi connectivity index (χ4v) is 4.64. The van der Waals surface area contributed by atoms with Crippen LogP contribution in [0.25, 0.3) is 0 Å². The van der Waals surface area contributed by atoms with Crippen LogP contribution < -0.4 is 5.73 Å². The minimum atomic E-state index is 0.520. The van der Waals surface area contributed by atoms with E-state index in [1.54, 1.807) is 0 Å². The molecule has 2 atom stereocenters. The first-order valence-electron chi connectivity index (χ1n) is 8.47. The third kappa shape index (κ3) is 5.01. The fraction of sp³-hybridized carbons (Fsp3) is 1.00. The fourth-order valence-electron chi connectivity index (χ4n) is 4.64. The van der Waals surface area contributed by atoms with E-state index in [4.69, 9.17) is 15.2 Å². The number of nitrogens with two attached hydrogens (primary N) is 1. The summed E-state index contributed by atoms with van der Waals surface area (Å²) < 4.78 is 11.0. The Morgan fingerprint density at radius 1 is 0.950 bits per heavy atom. The molecule has 2 rings (SSSR count). The number of fused-ring (bicyclic) bond motifs is 2. The van der Waals surface area contributed by atoms with Gasteiger partial charge in [0.05, 0.1) is 19.8 Å². The summed E-state index contributed by atoms with van der Waals surface area (Å²) in [7, 11) is 0. The van der Waals surface area contributed by atoms with Crippen molar-refractivity contribution in [3.8, 4) is 0 Å². The van der Waals surface area contributed by atoms with E-state index in [0.717, 1.165) is 24.4 Å². The largest absolute Gasteiger partial charge is 0.379 e. The van der Waals surface area contributed by atoms with Crippen LogP contribution in [0.1, 0.15) is 52.4 Å². The highest BCUT2D eigenvalue weighted by Gasteiger charge is 2.40. The van der Waals surface area contributed by atoms with E-state index in [1.165, 1.54) is 38.5 Å². The van der Waals surface area contributed by atoms with Crippen molar-refractivity contribution in [2.24, 2.45) is 28.9 Å². The molecule has 2 N–H and O–H groups in total. The van der Waals surface area contributed by atoms with Crippen LogP contribution in [0.2, 0.25) is 0 Å². The molecule has 2 saturated carbocycles. The molecule has 2 aliphatic carbocycles. The van der Waals surface area contributed by atoms with Crippen LogP contribution in [0.4, 0.5) is 0 Å². The zero-order chi connectivity index (χ0) is 14.4. The lowest BCUT2D eigenvalue weighted by molar-refractivity contribution is 0.00291. The summed E-state index contributed by atoms with van der Waals surface area (Å²) in [5.74, 6) is 2.92. The van der Waals surface area contributed by atoms with Gasteiger partial charge in [0, 0.05) is 13.2 Å². The van der Waals surface area contributed by atoms with Crippen LogP contribution in [0.15, 0.2) is 0 Å². The van der Waals surface area contributed by atoms with Crippen LogP contribution >= 0.6 is 0 Å². The first kappa shape index (κ1) is 16.3. The van der Waals surface area contributed by atoms with E-state index in [-0.39, 0.29) is 0 Å². The second-order valence-corrected chi connectivity index (χ2v) is 7.53. The summed E-state index contributed by atoms with van der Waals surface area (Å²) in [6.45, 7) is 8.43. The summed E-state index contributed by atoms with van der Waals surface area (Å²) >= 11 is 0. The molecular weight excluding hydrogens is 250 g/mol. The van der Waals surface area contributed by atoms with Crippen LogP contribution in [0.3, 0.4) is 0 Å². The minimum absolute atomic E-state index is 0.520. The van der Waals surface area contributed by atoms with Gasteiger partial charge in [-0.1, -0.05) is 13.8 Å². The predicted molar refractivity (Wildman–Crippen MR) is 82.6 cm³/mol. The van der Waals surface area contributed by atoms with Gasteiger partial charge in [-0.2, -0.15) is 0 Å². The van der Waals surface area contributed by atoms with Gasteiger partial charge in [0.25, 0.3) is 0 Å². The molecule has 2 aliphatic rings. The molecule has 3 nitrogen and oxygen atoms in total. The van der Waals surface area contributed by atoms with Crippen LogP contribution in [-0.4, -0.2) is 33.0 Å². The van der Waals surface area contributed by atoms with Gasteiger partial charge in [-0.25, -0.2) is 0 Å². The lowest BCUT2D eigenvalue weighted by atomic mass is 9.59. The summed E-state index contributed by atoms with van der Waals surface area (Å²) in [5.41, 5.74) is 5.89. The van der Waals surface area contributed by atoms with Crippen molar-refractivity contribution in [2.75, 3.05) is 33.0 Å². The van der Waals surface area contributed by atoms with Gasteiger partial charge < -0.3 is 15.2 Å². The maximum absolute atomic E-state index is 5.73. The molecule has 0 aliphatic heterocycles. The molecule has 0 heterocycles. The van der Waals surface area contributed by atoms with Crippen LogP contribution in [0, 0.1) is 23.2 Å². The first-order valence-corrected chi connectivity index (χ1v) is 8.47. The second kappa shape index (κ2) is 7.77. The molecule has 0 aromatic rings. The lowest BCUT2D eigenvalue weighted by Crippen LogP contribution is -2.36. The highest BCUT2D eigenvalue weighted by atomic mass is 16.5. The standard InChI is InChI=1S/C17H33NO2/c1-14-9-15-11-16(10-14)13-17(2,12-15)3-5-19-7-8-20-6-4-18/h14-16H,3-13,18H2,1-2H3. The van der Waals surface area contributed by atoms with E-state index in [9.17, 15) is 0 Å². The van der Waals surface area contributed by atoms with E-state index in [2.05, 4.69) is 13.8 Å². The van der Waals surface area contributed by atoms with Gasteiger partial charge in [0.2, 0.25) is 0 Å². The Hall–Kier alpha value is -0.120. The van der Waals surface area contributed by atoms with Crippen molar-refractivity contribution < 1.29 is 9.47 Å². The van der Waals surface area contributed by atoms with E-state index >= 15 is 0 Å². The Bertz CT molecular complexity index is 264. The third-order valence-electron chi connectivity index (χ3n) is 5.19. The highest BCUT2D eigenvalue weighted by molar-refractivity contribution is 4.91. The average molecular weight is 283 g/mol.